The van der Waals surface area contributed by atoms with Crippen molar-refractivity contribution in [2.75, 3.05) is 0 Å². The number of hydrogen-bond donors (Lipinski definition) is 1. The number of rotatable bonds is 5. The van der Waals surface area contributed by atoms with Gasteiger partial charge in [0.2, 0.25) is 0 Å². The Labute approximate surface area is 132 Å². The maximum atomic E-state index is 12.9. The Bertz CT molecular complexity index is 529. The van der Waals surface area contributed by atoms with Crippen LogP contribution in [0.2, 0.25) is 0 Å². The average molecular weight is 333 g/mol. The zero-order valence-corrected chi connectivity index (χ0v) is 12.5. The van der Waals surface area contributed by atoms with Crippen LogP contribution in [-0.4, -0.2) is 24.5 Å². The van der Waals surface area contributed by atoms with Crippen LogP contribution in [0.4, 0.5) is 17.6 Å². The van der Waals surface area contributed by atoms with Gasteiger partial charge in [-0.2, -0.15) is 17.6 Å². The highest BCUT2D eigenvalue weighted by atomic mass is 19.3. The summed E-state index contributed by atoms with van der Waals surface area (Å²) in [5.41, 5.74) is 0.108. The van der Waals surface area contributed by atoms with E-state index in [4.69, 9.17) is 0 Å². The third kappa shape index (κ3) is 5.11. The highest BCUT2D eigenvalue weighted by Gasteiger charge is 2.44. The number of carbonyl (C=O) groups excluding carboxylic acids is 1. The van der Waals surface area contributed by atoms with Gasteiger partial charge < -0.3 is 10.1 Å². The predicted octanol–water partition coefficient (Wildman–Crippen LogP) is 4.38. The number of carbonyl (C=O) groups is 1. The fourth-order valence-corrected chi connectivity index (χ4v) is 2.59. The zero-order valence-electron chi connectivity index (χ0n) is 12.5. The first-order valence-corrected chi connectivity index (χ1v) is 7.64. The van der Waals surface area contributed by atoms with Gasteiger partial charge in [0.25, 0.3) is 5.91 Å². The van der Waals surface area contributed by atoms with Gasteiger partial charge in [-0.1, -0.05) is 31.7 Å². The van der Waals surface area contributed by atoms with Crippen molar-refractivity contribution in [1.82, 2.24) is 5.32 Å². The number of nitrogens with one attached hydrogen (secondary N) is 1. The molecule has 1 N–H and O–H groups in total. The van der Waals surface area contributed by atoms with E-state index in [2.05, 4.69) is 10.1 Å². The van der Waals surface area contributed by atoms with Crippen molar-refractivity contribution >= 4 is 5.91 Å². The standard InChI is InChI=1S/C16H19F4NO2/c17-15(18)16(19,20)23-13-9-5-6-11(10-13)14(22)21-12-7-3-1-2-4-8-12/h5-6,9-10,12,15H,1-4,7-8H2,(H,21,22). The van der Waals surface area contributed by atoms with E-state index in [9.17, 15) is 22.4 Å². The van der Waals surface area contributed by atoms with Crippen molar-refractivity contribution < 1.29 is 27.1 Å². The van der Waals surface area contributed by atoms with Crippen LogP contribution in [0, 0.1) is 0 Å². The minimum absolute atomic E-state index is 0.0529. The van der Waals surface area contributed by atoms with Crippen LogP contribution in [0.3, 0.4) is 0 Å². The van der Waals surface area contributed by atoms with Gasteiger partial charge >= 0.3 is 12.5 Å². The molecule has 0 aliphatic heterocycles. The Balaban J connectivity index is 2.02. The van der Waals surface area contributed by atoms with Gasteiger partial charge in [0.15, 0.2) is 0 Å². The third-order valence-corrected chi connectivity index (χ3v) is 3.79. The molecule has 0 atom stereocenters. The summed E-state index contributed by atoms with van der Waals surface area (Å²) >= 11 is 0. The molecule has 0 spiro atoms. The molecule has 23 heavy (non-hydrogen) atoms. The Morgan fingerprint density at radius 3 is 2.43 bits per heavy atom. The quantitative estimate of drug-likeness (QED) is 0.642. The monoisotopic (exact) mass is 333 g/mol. The van der Waals surface area contributed by atoms with E-state index in [0.29, 0.717) is 0 Å². The number of hydrogen-bond acceptors (Lipinski definition) is 2. The Kier molecular flexibility index (Phi) is 5.85. The van der Waals surface area contributed by atoms with E-state index in [-0.39, 0.29) is 11.6 Å². The van der Waals surface area contributed by atoms with E-state index >= 15 is 0 Å². The summed E-state index contributed by atoms with van der Waals surface area (Å²) in [6, 6.07) is 4.95. The molecule has 0 unspecified atom stereocenters. The van der Waals surface area contributed by atoms with Crippen molar-refractivity contribution in [3.05, 3.63) is 29.8 Å². The molecular formula is C16H19F4NO2. The van der Waals surface area contributed by atoms with Crippen LogP contribution in [0.15, 0.2) is 24.3 Å². The molecule has 0 heterocycles. The van der Waals surface area contributed by atoms with E-state index in [0.717, 1.165) is 50.7 Å². The van der Waals surface area contributed by atoms with E-state index in [1.165, 1.54) is 12.1 Å². The Hall–Kier alpha value is -1.79. The smallest absolute Gasteiger partial charge is 0.428 e. The summed E-state index contributed by atoms with van der Waals surface area (Å²) in [6.07, 6.45) is -2.42. The SMILES string of the molecule is O=C(NC1CCCCCC1)c1cccc(OC(F)(F)C(F)F)c1. The van der Waals surface area contributed by atoms with Crippen LogP contribution in [0.5, 0.6) is 5.75 Å². The first-order valence-electron chi connectivity index (χ1n) is 7.64. The van der Waals surface area contributed by atoms with Crippen LogP contribution in [-0.2, 0) is 0 Å². The largest absolute Gasteiger partial charge is 0.461 e. The minimum Gasteiger partial charge on any atom is -0.428 e. The summed E-state index contributed by atoms with van der Waals surface area (Å²) in [4.78, 5) is 12.2. The van der Waals surface area contributed by atoms with Gasteiger partial charge in [0, 0.05) is 11.6 Å². The van der Waals surface area contributed by atoms with Gasteiger partial charge in [-0.15, -0.1) is 0 Å². The van der Waals surface area contributed by atoms with Gasteiger partial charge in [-0.3, -0.25) is 4.79 Å². The zero-order chi connectivity index (χ0) is 16.9. The molecule has 1 saturated carbocycles. The highest BCUT2D eigenvalue weighted by molar-refractivity contribution is 5.94. The van der Waals surface area contributed by atoms with Crippen LogP contribution in [0.25, 0.3) is 0 Å². The molecule has 2 rings (SSSR count). The number of halogens is 4. The summed E-state index contributed by atoms with van der Waals surface area (Å²) in [6.45, 7) is 0. The molecule has 0 bridgehead atoms. The van der Waals surface area contributed by atoms with Gasteiger partial charge in [0.05, 0.1) is 0 Å². The van der Waals surface area contributed by atoms with Crippen LogP contribution < -0.4 is 10.1 Å². The fraction of sp³-hybridized carbons (Fsp3) is 0.562. The first-order chi connectivity index (χ1) is 10.9. The summed E-state index contributed by atoms with van der Waals surface area (Å²) < 4.78 is 54.1. The first kappa shape index (κ1) is 17.6. The van der Waals surface area contributed by atoms with E-state index in [1.54, 1.807) is 0 Å². The lowest BCUT2D eigenvalue weighted by molar-refractivity contribution is -0.253. The lowest BCUT2D eigenvalue weighted by Crippen LogP contribution is -2.35. The van der Waals surface area contributed by atoms with Crippen molar-refractivity contribution in [3.8, 4) is 5.75 Å². The molecule has 1 aliphatic carbocycles. The molecule has 1 fully saturated rings. The molecule has 3 nitrogen and oxygen atoms in total. The number of alkyl halides is 4. The molecule has 0 aromatic heterocycles. The second-order valence-corrected chi connectivity index (χ2v) is 5.65. The van der Waals surface area contributed by atoms with E-state index < -0.39 is 24.2 Å². The van der Waals surface area contributed by atoms with Crippen LogP contribution in [0.1, 0.15) is 48.9 Å². The minimum atomic E-state index is -4.59. The summed E-state index contributed by atoms with van der Waals surface area (Å²) in [5.74, 6) is -0.883. The van der Waals surface area contributed by atoms with Gasteiger partial charge in [0.1, 0.15) is 5.75 Å². The van der Waals surface area contributed by atoms with Crippen molar-refractivity contribution in [2.24, 2.45) is 0 Å². The average Bonchev–Trinajstić information content (AvgIpc) is 2.75. The topological polar surface area (TPSA) is 38.3 Å². The van der Waals surface area contributed by atoms with E-state index in [1.807, 2.05) is 0 Å². The summed E-state index contributed by atoms with van der Waals surface area (Å²) in [5, 5.41) is 2.86. The molecule has 0 saturated heterocycles. The molecule has 1 aromatic carbocycles. The molecule has 1 amide bonds. The van der Waals surface area contributed by atoms with Crippen molar-refractivity contribution in [3.63, 3.8) is 0 Å². The predicted molar refractivity (Wildman–Crippen MR) is 77.0 cm³/mol. The number of amides is 1. The van der Waals surface area contributed by atoms with Gasteiger partial charge in [-0.25, -0.2) is 0 Å². The third-order valence-electron chi connectivity index (χ3n) is 3.79. The van der Waals surface area contributed by atoms with Crippen molar-refractivity contribution in [2.45, 2.75) is 57.1 Å². The van der Waals surface area contributed by atoms with Crippen LogP contribution >= 0.6 is 0 Å². The maximum absolute atomic E-state index is 12.9. The second kappa shape index (κ2) is 7.66. The number of ether oxygens (including phenoxy) is 1. The molecular weight excluding hydrogens is 314 g/mol. The maximum Gasteiger partial charge on any atom is 0.461 e. The lowest BCUT2D eigenvalue weighted by atomic mass is 10.1. The van der Waals surface area contributed by atoms with Crippen molar-refractivity contribution in [1.29, 1.82) is 0 Å². The Morgan fingerprint density at radius 2 is 1.83 bits per heavy atom. The normalized spacial score (nSPS) is 16.9. The number of benzene rings is 1. The molecule has 1 aliphatic rings. The van der Waals surface area contributed by atoms with Gasteiger partial charge in [-0.05, 0) is 31.0 Å². The Morgan fingerprint density at radius 1 is 1.17 bits per heavy atom. The lowest BCUT2D eigenvalue weighted by Gasteiger charge is -2.18. The fourth-order valence-electron chi connectivity index (χ4n) is 2.59. The molecule has 0 radical (unpaired) electrons. The summed E-state index contributed by atoms with van der Waals surface area (Å²) in [7, 11) is 0. The molecule has 128 valence electrons. The highest BCUT2D eigenvalue weighted by Crippen LogP contribution is 2.28. The molecule has 1 aromatic rings. The second-order valence-electron chi connectivity index (χ2n) is 5.65. The molecule has 7 heteroatoms.